The van der Waals surface area contributed by atoms with Gasteiger partial charge in [-0.15, -0.1) is 11.6 Å². The molecular weight excluding hydrogens is 288 g/mol. The van der Waals surface area contributed by atoms with Crippen molar-refractivity contribution in [3.63, 3.8) is 0 Å². The Hall–Kier alpha value is -0.670. The maximum atomic E-state index is 6.14. The lowest BCUT2D eigenvalue weighted by molar-refractivity contribution is 0.362. The van der Waals surface area contributed by atoms with Gasteiger partial charge in [0, 0.05) is 11.3 Å². The van der Waals surface area contributed by atoms with Crippen LogP contribution in [0.3, 0.4) is 0 Å². The zero-order valence-electron chi connectivity index (χ0n) is 12.1. The summed E-state index contributed by atoms with van der Waals surface area (Å²) in [5.74, 6) is 1.52. The predicted molar refractivity (Wildman–Crippen MR) is 88.8 cm³/mol. The molecular formula is C16H21ClN2S. The van der Waals surface area contributed by atoms with Crippen molar-refractivity contribution in [2.45, 2.75) is 49.8 Å². The van der Waals surface area contributed by atoms with Crippen LogP contribution >= 0.6 is 23.4 Å². The number of thioether (sulfide) groups is 1. The van der Waals surface area contributed by atoms with Gasteiger partial charge >= 0.3 is 0 Å². The van der Waals surface area contributed by atoms with Crippen molar-refractivity contribution >= 4 is 34.4 Å². The first-order valence-corrected chi connectivity index (χ1v) is 9.11. The molecule has 3 rings (SSSR count). The summed E-state index contributed by atoms with van der Waals surface area (Å²) < 4.78 is 2.41. The molecule has 1 fully saturated rings. The standard InChI is InChI=1S/C16H21ClN2S/c1-11-6-7-14-15(8-11)19(16(10-17)18-14)12-4-3-5-13(9-12)20-2/h6-8,12-13H,3-5,9-10H2,1-2H3. The van der Waals surface area contributed by atoms with Gasteiger partial charge in [-0.2, -0.15) is 11.8 Å². The number of rotatable bonds is 3. The Bertz CT molecular complexity index is 608. The second-order valence-electron chi connectivity index (χ2n) is 5.70. The van der Waals surface area contributed by atoms with E-state index in [9.17, 15) is 0 Å². The Morgan fingerprint density at radius 1 is 1.40 bits per heavy atom. The smallest absolute Gasteiger partial charge is 0.125 e. The van der Waals surface area contributed by atoms with Gasteiger partial charge in [-0.05, 0) is 50.1 Å². The normalized spacial score (nSPS) is 23.4. The minimum Gasteiger partial charge on any atom is -0.324 e. The summed E-state index contributed by atoms with van der Waals surface area (Å²) in [6.07, 6.45) is 7.37. The van der Waals surface area contributed by atoms with Crippen molar-refractivity contribution in [1.82, 2.24) is 9.55 Å². The topological polar surface area (TPSA) is 17.8 Å². The fraction of sp³-hybridized carbons (Fsp3) is 0.562. The van der Waals surface area contributed by atoms with E-state index in [1.807, 2.05) is 11.8 Å². The highest BCUT2D eigenvalue weighted by Crippen LogP contribution is 2.37. The van der Waals surface area contributed by atoms with Crippen LogP contribution in [0.5, 0.6) is 0 Å². The third-order valence-corrected chi connectivity index (χ3v) is 5.67. The van der Waals surface area contributed by atoms with E-state index in [1.54, 1.807) is 0 Å². The molecule has 0 bridgehead atoms. The number of hydrogen-bond acceptors (Lipinski definition) is 2. The van der Waals surface area contributed by atoms with Crippen LogP contribution in [-0.4, -0.2) is 21.1 Å². The van der Waals surface area contributed by atoms with Crippen LogP contribution in [0.25, 0.3) is 11.0 Å². The summed E-state index contributed by atoms with van der Waals surface area (Å²) in [7, 11) is 0. The highest BCUT2D eigenvalue weighted by molar-refractivity contribution is 7.99. The SMILES string of the molecule is CSC1CCCC(n2c(CCl)nc3ccc(C)cc32)C1. The van der Waals surface area contributed by atoms with Gasteiger partial charge in [0.15, 0.2) is 0 Å². The lowest BCUT2D eigenvalue weighted by Crippen LogP contribution is -2.21. The van der Waals surface area contributed by atoms with Crippen LogP contribution in [0.1, 0.15) is 43.1 Å². The summed E-state index contributed by atoms with van der Waals surface area (Å²) in [5.41, 5.74) is 3.63. The van der Waals surface area contributed by atoms with Gasteiger partial charge in [0.05, 0.1) is 16.9 Å². The molecule has 0 saturated heterocycles. The Labute approximate surface area is 129 Å². The first-order valence-electron chi connectivity index (χ1n) is 7.29. The predicted octanol–water partition coefficient (Wildman–Crippen LogP) is 4.93. The van der Waals surface area contributed by atoms with Crippen molar-refractivity contribution in [2.24, 2.45) is 0 Å². The number of nitrogens with zero attached hydrogens (tertiary/aromatic N) is 2. The minimum atomic E-state index is 0.494. The van der Waals surface area contributed by atoms with Crippen LogP contribution < -0.4 is 0 Å². The molecule has 108 valence electrons. The maximum Gasteiger partial charge on any atom is 0.125 e. The molecule has 1 aliphatic carbocycles. The van der Waals surface area contributed by atoms with Crippen LogP contribution in [0.2, 0.25) is 0 Å². The van der Waals surface area contributed by atoms with Crippen molar-refractivity contribution in [2.75, 3.05) is 6.26 Å². The molecule has 2 atom stereocenters. The molecule has 1 heterocycles. The van der Waals surface area contributed by atoms with E-state index in [-0.39, 0.29) is 0 Å². The van der Waals surface area contributed by atoms with E-state index in [2.05, 4.69) is 35.9 Å². The summed E-state index contributed by atoms with van der Waals surface area (Å²) in [5, 5.41) is 0.777. The van der Waals surface area contributed by atoms with Crippen LogP contribution in [0, 0.1) is 6.92 Å². The Kier molecular flexibility index (Phi) is 4.27. The number of halogens is 1. The second-order valence-corrected chi connectivity index (χ2v) is 7.11. The van der Waals surface area contributed by atoms with Crippen molar-refractivity contribution in [3.8, 4) is 0 Å². The van der Waals surface area contributed by atoms with Gasteiger partial charge < -0.3 is 4.57 Å². The van der Waals surface area contributed by atoms with Gasteiger partial charge in [0.25, 0.3) is 0 Å². The molecule has 1 aromatic carbocycles. The Balaban J connectivity index is 2.06. The fourth-order valence-corrected chi connectivity index (χ4v) is 4.33. The molecule has 2 nitrogen and oxygen atoms in total. The molecule has 20 heavy (non-hydrogen) atoms. The van der Waals surface area contributed by atoms with Crippen molar-refractivity contribution in [3.05, 3.63) is 29.6 Å². The highest BCUT2D eigenvalue weighted by atomic mass is 35.5. The number of hydrogen-bond donors (Lipinski definition) is 0. The number of aryl methyl sites for hydroxylation is 1. The first kappa shape index (κ1) is 14.3. The third-order valence-electron chi connectivity index (χ3n) is 4.33. The number of fused-ring (bicyclic) bond motifs is 1. The fourth-order valence-electron chi connectivity index (χ4n) is 3.32. The van der Waals surface area contributed by atoms with Gasteiger partial charge in [0.2, 0.25) is 0 Å². The second kappa shape index (κ2) is 5.98. The molecule has 0 N–H and O–H groups in total. The molecule has 1 aromatic heterocycles. The largest absolute Gasteiger partial charge is 0.324 e. The molecule has 2 unspecified atom stereocenters. The van der Waals surface area contributed by atoms with Gasteiger partial charge in [-0.25, -0.2) is 4.98 Å². The summed E-state index contributed by atoms with van der Waals surface area (Å²) in [6, 6.07) is 7.05. The van der Waals surface area contributed by atoms with Gasteiger partial charge in [0.1, 0.15) is 5.82 Å². The molecule has 0 spiro atoms. The zero-order chi connectivity index (χ0) is 14.1. The van der Waals surface area contributed by atoms with Crippen molar-refractivity contribution < 1.29 is 0 Å². The average Bonchev–Trinajstić information content (AvgIpc) is 2.85. The minimum absolute atomic E-state index is 0.494. The van der Waals surface area contributed by atoms with Gasteiger partial charge in [-0.3, -0.25) is 0 Å². The van der Waals surface area contributed by atoms with Gasteiger partial charge in [-0.1, -0.05) is 12.5 Å². The van der Waals surface area contributed by atoms with Crippen LogP contribution in [0.15, 0.2) is 18.2 Å². The molecule has 1 aliphatic rings. The summed E-state index contributed by atoms with van der Waals surface area (Å²) in [4.78, 5) is 4.72. The Morgan fingerprint density at radius 3 is 3.00 bits per heavy atom. The number of benzene rings is 1. The average molecular weight is 309 g/mol. The number of aromatic nitrogens is 2. The number of alkyl halides is 1. The summed E-state index contributed by atoms with van der Waals surface area (Å²) >= 11 is 8.15. The molecule has 0 aliphatic heterocycles. The molecule has 1 saturated carbocycles. The molecule has 4 heteroatoms. The third kappa shape index (κ3) is 2.58. The molecule has 0 radical (unpaired) electrons. The maximum absolute atomic E-state index is 6.14. The molecule has 2 aromatic rings. The van der Waals surface area contributed by atoms with E-state index >= 15 is 0 Å². The summed E-state index contributed by atoms with van der Waals surface area (Å²) in [6.45, 7) is 2.14. The van der Waals surface area contributed by atoms with E-state index in [0.29, 0.717) is 11.9 Å². The Morgan fingerprint density at radius 2 is 2.25 bits per heavy atom. The van der Waals surface area contributed by atoms with E-state index < -0.39 is 0 Å². The highest BCUT2D eigenvalue weighted by Gasteiger charge is 2.25. The quantitative estimate of drug-likeness (QED) is 0.748. The molecule has 0 amide bonds. The van der Waals surface area contributed by atoms with Crippen LogP contribution in [0.4, 0.5) is 0 Å². The van der Waals surface area contributed by atoms with Crippen molar-refractivity contribution in [1.29, 1.82) is 0 Å². The van der Waals surface area contributed by atoms with Crippen LogP contribution in [-0.2, 0) is 5.88 Å². The lowest BCUT2D eigenvalue weighted by atomic mass is 9.94. The zero-order valence-corrected chi connectivity index (χ0v) is 13.7. The van der Waals surface area contributed by atoms with E-state index in [1.165, 1.54) is 36.8 Å². The number of imidazole rings is 1. The van der Waals surface area contributed by atoms with E-state index in [0.717, 1.165) is 16.6 Å². The van der Waals surface area contributed by atoms with E-state index in [4.69, 9.17) is 16.6 Å². The monoisotopic (exact) mass is 308 g/mol. The first-order chi connectivity index (χ1) is 9.72. The lowest BCUT2D eigenvalue weighted by Gasteiger charge is -2.30.